The maximum atomic E-state index is 5.06. The number of nitrogens with one attached hydrogen (secondary N) is 1. The third kappa shape index (κ3) is 3.32. The van der Waals surface area contributed by atoms with E-state index >= 15 is 0 Å². The first-order valence-electron chi connectivity index (χ1n) is 5.51. The van der Waals surface area contributed by atoms with Crippen molar-refractivity contribution >= 4 is 0 Å². The number of hydrogen-bond donors (Lipinski definition) is 1. The molecular weight excluding hydrogens is 190 g/mol. The van der Waals surface area contributed by atoms with Gasteiger partial charge in [0.1, 0.15) is 0 Å². The third-order valence-electron chi connectivity index (χ3n) is 2.60. The topological polar surface area (TPSA) is 39.1 Å². The van der Waals surface area contributed by atoms with Gasteiger partial charge in [0.05, 0.1) is 5.69 Å². The summed E-state index contributed by atoms with van der Waals surface area (Å²) in [5, 5.41) is 7.60. The predicted molar refractivity (Wildman–Crippen MR) is 60.8 cm³/mol. The van der Waals surface area contributed by atoms with Gasteiger partial charge in [0.25, 0.3) is 0 Å². The van der Waals surface area contributed by atoms with E-state index in [-0.39, 0.29) is 0 Å². The normalized spacial score (nSPS) is 13.0. The third-order valence-corrected chi connectivity index (χ3v) is 2.60. The molecule has 0 fully saturated rings. The van der Waals surface area contributed by atoms with Gasteiger partial charge < -0.3 is 10.1 Å². The molecule has 1 unspecified atom stereocenters. The Kier molecular flexibility index (Phi) is 5.36. The van der Waals surface area contributed by atoms with Gasteiger partial charge in [-0.3, -0.25) is 4.68 Å². The second-order valence-electron chi connectivity index (χ2n) is 3.55. The molecule has 0 spiro atoms. The van der Waals surface area contributed by atoms with E-state index in [4.69, 9.17) is 4.74 Å². The highest BCUT2D eigenvalue weighted by atomic mass is 16.5. The van der Waals surface area contributed by atoms with Gasteiger partial charge in [-0.2, -0.15) is 5.10 Å². The van der Waals surface area contributed by atoms with E-state index in [1.807, 2.05) is 17.9 Å². The molecule has 1 aromatic heterocycles. The summed E-state index contributed by atoms with van der Waals surface area (Å²) in [5.74, 6) is 0. The Morgan fingerprint density at radius 3 is 3.00 bits per heavy atom. The van der Waals surface area contributed by atoms with Gasteiger partial charge in [0.2, 0.25) is 0 Å². The summed E-state index contributed by atoms with van der Waals surface area (Å²) in [5.41, 5.74) is 1.26. The zero-order valence-electron chi connectivity index (χ0n) is 9.86. The van der Waals surface area contributed by atoms with E-state index < -0.39 is 0 Å². The predicted octanol–water partition coefficient (Wildman–Crippen LogP) is 1.59. The van der Waals surface area contributed by atoms with Crippen LogP contribution < -0.4 is 5.32 Å². The Balaban J connectivity index is 2.57. The molecule has 0 aromatic carbocycles. The number of methoxy groups -OCH3 is 1. The van der Waals surface area contributed by atoms with E-state index in [1.54, 1.807) is 7.11 Å². The summed E-state index contributed by atoms with van der Waals surface area (Å²) in [6, 6.07) is 2.46. The molecule has 1 rings (SSSR count). The first-order chi connectivity index (χ1) is 7.33. The van der Waals surface area contributed by atoms with Crippen molar-refractivity contribution < 1.29 is 4.74 Å². The fourth-order valence-electron chi connectivity index (χ4n) is 1.78. The largest absolute Gasteiger partial charge is 0.385 e. The van der Waals surface area contributed by atoms with E-state index in [1.165, 1.54) is 5.69 Å². The van der Waals surface area contributed by atoms with Gasteiger partial charge in [-0.1, -0.05) is 0 Å². The summed E-state index contributed by atoms with van der Waals surface area (Å²) >= 11 is 0. The van der Waals surface area contributed by atoms with E-state index in [0.29, 0.717) is 6.04 Å². The highest BCUT2D eigenvalue weighted by Crippen LogP contribution is 2.17. The lowest BCUT2D eigenvalue weighted by molar-refractivity contribution is 0.188. The monoisotopic (exact) mass is 211 g/mol. The number of rotatable bonds is 7. The highest BCUT2D eigenvalue weighted by Gasteiger charge is 2.12. The molecule has 4 nitrogen and oxygen atoms in total. The molecule has 1 N–H and O–H groups in total. The van der Waals surface area contributed by atoms with Crippen LogP contribution in [0.15, 0.2) is 12.3 Å². The van der Waals surface area contributed by atoms with Crippen molar-refractivity contribution in [2.45, 2.75) is 32.4 Å². The van der Waals surface area contributed by atoms with Crippen molar-refractivity contribution in [2.24, 2.45) is 0 Å². The van der Waals surface area contributed by atoms with Gasteiger partial charge >= 0.3 is 0 Å². The summed E-state index contributed by atoms with van der Waals surface area (Å²) < 4.78 is 7.10. The number of nitrogens with zero attached hydrogens (tertiary/aromatic N) is 2. The van der Waals surface area contributed by atoms with E-state index in [0.717, 1.165) is 26.0 Å². The average molecular weight is 211 g/mol. The van der Waals surface area contributed by atoms with Crippen molar-refractivity contribution in [2.75, 3.05) is 20.8 Å². The van der Waals surface area contributed by atoms with Crippen LogP contribution in [0.5, 0.6) is 0 Å². The van der Waals surface area contributed by atoms with Crippen LogP contribution in [0.4, 0.5) is 0 Å². The standard InChI is InChI=1S/C11H21N3O/c1-4-14-11(7-8-13-14)10(12-2)6-5-9-15-3/h7-8,10,12H,4-6,9H2,1-3H3. The molecule has 0 amide bonds. The van der Waals surface area contributed by atoms with Crippen LogP contribution in [0.2, 0.25) is 0 Å². The molecule has 0 aliphatic rings. The minimum absolute atomic E-state index is 0.377. The quantitative estimate of drug-likeness (QED) is 0.696. The number of aryl methyl sites for hydroxylation is 1. The van der Waals surface area contributed by atoms with Gasteiger partial charge in [-0.05, 0) is 32.9 Å². The molecule has 1 atom stereocenters. The van der Waals surface area contributed by atoms with Crippen LogP contribution in [0.25, 0.3) is 0 Å². The van der Waals surface area contributed by atoms with Crippen LogP contribution in [-0.2, 0) is 11.3 Å². The molecule has 0 radical (unpaired) electrons. The molecule has 0 aliphatic carbocycles. The van der Waals surface area contributed by atoms with Crippen molar-refractivity contribution in [1.82, 2.24) is 15.1 Å². The lowest BCUT2D eigenvalue weighted by Crippen LogP contribution is -2.20. The van der Waals surface area contributed by atoms with Crippen LogP contribution in [0, 0.1) is 0 Å². The zero-order chi connectivity index (χ0) is 11.1. The van der Waals surface area contributed by atoms with E-state index in [2.05, 4.69) is 23.4 Å². The fourth-order valence-corrected chi connectivity index (χ4v) is 1.78. The summed E-state index contributed by atoms with van der Waals surface area (Å²) in [6.07, 6.45) is 4.01. The van der Waals surface area contributed by atoms with Crippen molar-refractivity contribution in [1.29, 1.82) is 0 Å². The SMILES string of the molecule is CCn1nccc1C(CCCOC)NC. The molecule has 4 heteroatoms. The second kappa shape index (κ2) is 6.58. The lowest BCUT2D eigenvalue weighted by atomic mass is 10.1. The zero-order valence-corrected chi connectivity index (χ0v) is 9.86. The Bertz CT molecular complexity index is 273. The van der Waals surface area contributed by atoms with Crippen molar-refractivity contribution in [3.05, 3.63) is 18.0 Å². The number of aromatic nitrogens is 2. The maximum absolute atomic E-state index is 5.06. The first kappa shape index (κ1) is 12.2. The number of hydrogen-bond acceptors (Lipinski definition) is 3. The minimum Gasteiger partial charge on any atom is -0.385 e. The molecule has 0 aliphatic heterocycles. The highest BCUT2D eigenvalue weighted by molar-refractivity contribution is 5.06. The van der Waals surface area contributed by atoms with Gasteiger partial charge in [-0.15, -0.1) is 0 Å². The second-order valence-corrected chi connectivity index (χ2v) is 3.55. The van der Waals surface area contributed by atoms with Crippen LogP contribution >= 0.6 is 0 Å². The molecular formula is C11H21N3O. The molecule has 1 heterocycles. The molecule has 15 heavy (non-hydrogen) atoms. The molecule has 0 saturated carbocycles. The van der Waals surface area contributed by atoms with Gasteiger partial charge in [0.15, 0.2) is 0 Å². The Morgan fingerprint density at radius 2 is 2.40 bits per heavy atom. The van der Waals surface area contributed by atoms with Gasteiger partial charge in [-0.25, -0.2) is 0 Å². The van der Waals surface area contributed by atoms with Crippen molar-refractivity contribution in [3.8, 4) is 0 Å². The van der Waals surface area contributed by atoms with Crippen LogP contribution in [-0.4, -0.2) is 30.5 Å². The first-order valence-corrected chi connectivity index (χ1v) is 5.51. The average Bonchev–Trinajstić information content (AvgIpc) is 2.72. The van der Waals surface area contributed by atoms with Crippen LogP contribution in [0.1, 0.15) is 31.5 Å². The fraction of sp³-hybridized carbons (Fsp3) is 0.727. The molecule has 86 valence electrons. The van der Waals surface area contributed by atoms with Crippen molar-refractivity contribution in [3.63, 3.8) is 0 Å². The van der Waals surface area contributed by atoms with Crippen LogP contribution in [0.3, 0.4) is 0 Å². The maximum Gasteiger partial charge on any atom is 0.0553 e. The molecule has 1 aromatic rings. The van der Waals surface area contributed by atoms with Gasteiger partial charge in [0, 0.05) is 32.5 Å². The molecule has 0 bridgehead atoms. The molecule has 0 saturated heterocycles. The Labute approximate surface area is 91.6 Å². The Morgan fingerprint density at radius 1 is 1.60 bits per heavy atom. The van der Waals surface area contributed by atoms with E-state index in [9.17, 15) is 0 Å². The smallest absolute Gasteiger partial charge is 0.0553 e. The lowest BCUT2D eigenvalue weighted by Gasteiger charge is -2.17. The summed E-state index contributed by atoms with van der Waals surface area (Å²) in [4.78, 5) is 0. The summed E-state index contributed by atoms with van der Waals surface area (Å²) in [6.45, 7) is 3.85. The number of ether oxygens (including phenoxy) is 1. The summed E-state index contributed by atoms with van der Waals surface area (Å²) in [7, 11) is 3.73. The Hall–Kier alpha value is -0.870. The minimum atomic E-state index is 0.377.